The summed E-state index contributed by atoms with van der Waals surface area (Å²) >= 11 is 0. The quantitative estimate of drug-likeness (QED) is 0.276. The number of anilines is 3. The molecule has 0 unspecified atom stereocenters. The number of fused-ring (bicyclic) bond motifs is 1. The normalized spacial score (nSPS) is 12.3. The molecule has 1 N–H and O–H groups in total. The maximum absolute atomic E-state index is 13.9. The number of aromatic nitrogens is 6. The zero-order valence-corrected chi connectivity index (χ0v) is 20.4. The van der Waals surface area contributed by atoms with Crippen LogP contribution in [0.15, 0.2) is 42.9 Å². The summed E-state index contributed by atoms with van der Waals surface area (Å²) in [5.41, 5.74) is -2.04. The van der Waals surface area contributed by atoms with Gasteiger partial charge in [-0.25, -0.2) is 19.9 Å². The second-order valence-electron chi connectivity index (χ2n) is 8.37. The second-order valence-corrected chi connectivity index (χ2v) is 8.37. The van der Waals surface area contributed by atoms with Crippen LogP contribution in [0.5, 0.6) is 0 Å². The zero-order chi connectivity index (χ0) is 27.7. The Kier molecular flexibility index (Phi) is 7.33. The minimum Gasteiger partial charge on any atom is -0.366 e. The van der Waals surface area contributed by atoms with Crippen LogP contribution in [0.2, 0.25) is 0 Å². The van der Waals surface area contributed by atoms with E-state index in [0.29, 0.717) is 24.7 Å². The van der Waals surface area contributed by atoms with Crippen molar-refractivity contribution in [3.05, 3.63) is 54.0 Å². The molecule has 0 spiro atoms. The van der Waals surface area contributed by atoms with Crippen LogP contribution in [-0.2, 0) is 12.4 Å². The topological polar surface area (TPSA) is 92.6 Å². The first-order chi connectivity index (χ1) is 17.9. The van der Waals surface area contributed by atoms with E-state index in [1.54, 1.807) is 7.05 Å². The number of hydrogen-bond acceptors (Lipinski definition) is 8. The lowest BCUT2D eigenvalue weighted by atomic mass is 10.1. The van der Waals surface area contributed by atoms with Gasteiger partial charge in [-0.2, -0.15) is 26.3 Å². The van der Waals surface area contributed by atoms with Gasteiger partial charge in [0.25, 0.3) is 0 Å². The van der Waals surface area contributed by atoms with Crippen molar-refractivity contribution in [2.45, 2.75) is 45.1 Å². The maximum Gasteiger partial charge on any atom is 0.418 e. The van der Waals surface area contributed by atoms with Crippen LogP contribution in [0.25, 0.3) is 22.6 Å². The lowest BCUT2D eigenvalue weighted by molar-refractivity contribution is -0.138. The van der Waals surface area contributed by atoms with Gasteiger partial charge in [-0.1, -0.05) is 13.8 Å². The summed E-state index contributed by atoms with van der Waals surface area (Å²) in [5, 5.41) is 10.7. The molecule has 0 aliphatic rings. The highest BCUT2D eigenvalue weighted by Crippen LogP contribution is 2.37. The molecule has 4 rings (SSSR count). The summed E-state index contributed by atoms with van der Waals surface area (Å²) < 4.78 is 80.5. The molecule has 38 heavy (non-hydrogen) atoms. The molecule has 4 heterocycles. The molecule has 4 aromatic heterocycles. The van der Waals surface area contributed by atoms with Gasteiger partial charge in [0.05, 0.1) is 23.0 Å². The fraction of sp³-hybridized carbons (Fsp3) is 0.333. The Morgan fingerprint density at radius 2 is 1.63 bits per heavy atom. The molecular formula is C24H22F6N8. The Balaban J connectivity index is 1.72. The van der Waals surface area contributed by atoms with Crippen molar-refractivity contribution in [3.8, 4) is 11.4 Å². The van der Waals surface area contributed by atoms with Gasteiger partial charge in [-0.3, -0.25) is 0 Å². The van der Waals surface area contributed by atoms with Crippen molar-refractivity contribution >= 4 is 28.5 Å². The van der Waals surface area contributed by atoms with E-state index in [1.165, 1.54) is 23.2 Å². The van der Waals surface area contributed by atoms with Crippen LogP contribution in [0.4, 0.5) is 43.7 Å². The molecule has 0 fully saturated rings. The number of rotatable bonds is 7. The van der Waals surface area contributed by atoms with Crippen molar-refractivity contribution in [3.63, 3.8) is 0 Å². The van der Waals surface area contributed by atoms with E-state index < -0.39 is 29.2 Å². The summed E-state index contributed by atoms with van der Waals surface area (Å²) in [6, 6.07) is 4.45. The molecule has 0 saturated heterocycles. The molecule has 0 bridgehead atoms. The van der Waals surface area contributed by atoms with Crippen LogP contribution in [0.1, 0.15) is 37.8 Å². The monoisotopic (exact) mass is 536 g/mol. The van der Waals surface area contributed by atoms with Crippen LogP contribution in [0, 0.1) is 0 Å². The van der Waals surface area contributed by atoms with E-state index in [2.05, 4.69) is 35.5 Å². The van der Waals surface area contributed by atoms with Crippen molar-refractivity contribution in [1.29, 1.82) is 0 Å². The minimum atomic E-state index is -4.74. The molecule has 0 aliphatic carbocycles. The van der Waals surface area contributed by atoms with Crippen LogP contribution in [0.3, 0.4) is 0 Å². The van der Waals surface area contributed by atoms with Gasteiger partial charge in [0.2, 0.25) is 0 Å². The average Bonchev–Trinajstić information content (AvgIpc) is 2.89. The highest BCUT2D eigenvalue weighted by molar-refractivity contribution is 5.88. The number of hydrogen-bond donors (Lipinski definition) is 1. The highest BCUT2D eigenvalue weighted by atomic mass is 19.4. The largest absolute Gasteiger partial charge is 0.418 e. The standard InChI is InChI=1S/C24H22F6N8/c1-4-14(5-2)34-18-10-15(24(28,29)30)20(37-36-18)16-12-33-21-17(8-9-31-22(21)35-16)38(3)19-7-6-13(11-32-19)23(25,26)27/h6-12,14H,4-5H2,1-3H3,(H,34,36). The van der Waals surface area contributed by atoms with E-state index in [1.807, 2.05) is 13.8 Å². The third-order valence-electron chi connectivity index (χ3n) is 5.89. The van der Waals surface area contributed by atoms with Gasteiger partial charge in [-0.05, 0) is 37.1 Å². The van der Waals surface area contributed by atoms with Crippen molar-refractivity contribution in [2.24, 2.45) is 0 Å². The van der Waals surface area contributed by atoms with E-state index in [4.69, 9.17) is 0 Å². The van der Waals surface area contributed by atoms with Crippen LogP contribution in [-0.4, -0.2) is 43.2 Å². The fourth-order valence-electron chi connectivity index (χ4n) is 3.74. The molecule has 0 radical (unpaired) electrons. The number of pyridine rings is 2. The Bertz CT molecular complexity index is 1420. The molecule has 8 nitrogen and oxygen atoms in total. The maximum atomic E-state index is 13.9. The molecule has 14 heteroatoms. The highest BCUT2D eigenvalue weighted by Gasteiger charge is 2.36. The molecule has 0 aliphatic heterocycles. The third-order valence-corrected chi connectivity index (χ3v) is 5.89. The van der Waals surface area contributed by atoms with Gasteiger partial charge in [0.1, 0.15) is 28.5 Å². The number of nitrogens with zero attached hydrogens (tertiary/aromatic N) is 7. The van der Waals surface area contributed by atoms with Crippen molar-refractivity contribution in [1.82, 2.24) is 30.1 Å². The molecule has 4 aromatic rings. The Hall–Kier alpha value is -4.10. The van der Waals surface area contributed by atoms with Crippen molar-refractivity contribution < 1.29 is 26.3 Å². The SMILES string of the molecule is CCC(CC)Nc1cc(C(F)(F)F)c(-c2cnc3c(N(C)c4ccc(C(F)(F)F)cn4)ccnc3n2)nn1. The zero-order valence-electron chi connectivity index (χ0n) is 20.4. The smallest absolute Gasteiger partial charge is 0.366 e. The third kappa shape index (κ3) is 5.58. The predicted octanol–water partition coefficient (Wildman–Crippen LogP) is 6.28. The van der Waals surface area contributed by atoms with Gasteiger partial charge < -0.3 is 10.2 Å². The average molecular weight is 536 g/mol. The molecule has 0 saturated carbocycles. The van der Waals surface area contributed by atoms with Crippen molar-refractivity contribution in [2.75, 3.05) is 17.3 Å². The molecule has 0 atom stereocenters. The Morgan fingerprint density at radius 3 is 2.24 bits per heavy atom. The van der Waals surface area contributed by atoms with Gasteiger partial charge >= 0.3 is 12.4 Å². The second kappa shape index (κ2) is 10.3. The van der Waals surface area contributed by atoms with E-state index in [-0.39, 0.29) is 34.5 Å². The van der Waals surface area contributed by atoms with E-state index in [0.717, 1.165) is 18.3 Å². The Labute approximate surface area is 213 Å². The molecule has 0 amide bonds. The summed E-state index contributed by atoms with van der Waals surface area (Å²) in [5.74, 6) is 0.178. The first-order valence-corrected chi connectivity index (χ1v) is 11.5. The van der Waals surface area contributed by atoms with Crippen LogP contribution < -0.4 is 10.2 Å². The summed E-state index contributed by atoms with van der Waals surface area (Å²) in [6.45, 7) is 3.81. The van der Waals surface area contributed by atoms with Gasteiger partial charge in [0.15, 0.2) is 5.65 Å². The lowest BCUT2D eigenvalue weighted by Crippen LogP contribution is -2.20. The first kappa shape index (κ1) is 26.9. The molecule has 0 aromatic carbocycles. The predicted molar refractivity (Wildman–Crippen MR) is 129 cm³/mol. The van der Waals surface area contributed by atoms with Crippen LogP contribution >= 0.6 is 0 Å². The number of alkyl halides is 6. The van der Waals surface area contributed by atoms with Gasteiger partial charge in [0, 0.05) is 25.5 Å². The minimum absolute atomic E-state index is 0.00500. The summed E-state index contributed by atoms with van der Waals surface area (Å²) in [7, 11) is 1.55. The summed E-state index contributed by atoms with van der Waals surface area (Å²) in [6.07, 6.45) is -4.70. The molecular weight excluding hydrogens is 514 g/mol. The lowest BCUT2D eigenvalue weighted by Gasteiger charge is -2.20. The summed E-state index contributed by atoms with van der Waals surface area (Å²) in [4.78, 5) is 17.9. The van der Waals surface area contributed by atoms with E-state index >= 15 is 0 Å². The van der Waals surface area contributed by atoms with E-state index in [9.17, 15) is 26.3 Å². The number of nitrogens with one attached hydrogen (secondary N) is 1. The van der Waals surface area contributed by atoms with Gasteiger partial charge in [-0.15, -0.1) is 10.2 Å². The first-order valence-electron chi connectivity index (χ1n) is 11.5. The number of halogens is 6. The fourth-order valence-corrected chi connectivity index (χ4v) is 3.74. The molecule has 200 valence electrons. The Morgan fingerprint density at radius 1 is 0.895 bits per heavy atom.